The first kappa shape index (κ1) is 24.8. The molecule has 0 saturated carbocycles. The molecule has 1 aromatic carbocycles. The maximum atomic E-state index is 11.9. The van der Waals surface area contributed by atoms with Gasteiger partial charge in [0, 0.05) is 36.1 Å². The van der Waals surface area contributed by atoms with Crippen LogP contribution in [0.4, 0.5) is 10.6 Å². The lowest BCUT2D eigenvalue weighted by Crippen LogP contribution is -2.51. The number of fused-ring (bicyclic) bond motifs is 1. The van der Waals surface area contributed by atoms with Gasteiger partial charge in [0.25, 0.3) is 0 Å². The van der Waals surface area contributed by atoms with Gasteiger partial charge >= 0.3 is 6.09 Å². The number of anilines is 1. The number of nitrogens with two attached hydrogens (primary N) is 1. The highest BCUT2D eigenvalue weighted by Crippen LogP contribution is 2.39. The van der Waals surface area contributed by atoms with E-state index in [2.05, 4.69) is 30.7 Å². The third-order valence-electron chi connectivity index (χ3n) is 7.10. The number of nitrogen functional groups attached to an aromatic ring is 1. The number of oxazole rings is 1. The summed E-state index contributed by atoms with van der Waals surface area (Å²) in [6, 6.07) is 9.16. The number of rotatable bonds is 4. The zero-order chi connectivity index (χ0) is 26.5. The third kappa shape index (κ3) is 4.64. The molecule has 0 radical (unpaired) electrons. The lowest BCUT2D eigenvalue weighted by atomic mass is 9.79. The fourth-order valence-corrected chi connectivity index (χ4v) is 5.14. The molecule has 3 atom stereocenters. The number of hydrogen-bond acceptors (Lipinski definition) is 7. The Hall–Kier alpha value is -3.92. The topological polar surface area (TPSA) is 144 Å². The molecular weight excluding hydrogens is 472 g/mol. The van der Waals surface area contributed by atoms with Crippen molar-refractivity contribution in [1.82, 2.24) is 24.6 Å². The summed E-state index contributed by atoms with van der Waals surface area (Å²) in [5.74, 6) is 0.656. The highest BCUT2D eigenvalue weighted by molar-refractivity contribution is 5.81. The summed E-state index contributed by atoms with van der Waals surface area (Å²) in [4.78, 5) is 22.3. The number of aliphatic hydroxyl groups excluding tert-OH is 1. The summed E-state index contributed by atoms with van der Waals surface area (Å²) in [7, 11) is 0. The van der Waals surface area contributed by atoms with Gasteiger partial charge in [-0.2, -0.15) is 5.10 Å². The summed E-state index contributed by atoms with van der Waals surface area (Å²) in [6.45, 7) is 8.26. The molecule has 10 heteroatoms. The number of amides is 1. The Morgan fingerprint density at radius 2 is 2.00 bits per heavy atom. The second-order valence-electron chi connectivity index (χ2n) is 10.8. The summed E-state index contributed by atoms with van der Waals surface area (Å²) in [6.07, 6.45) is 3.10. The summed E-state index contributed by atoms with van der Waals surface area (Å²) < 4.78 is 7.79. The average molecular weight is 505 g/mol. The Kier molecular flexibility index (Phi) is 6.15. The van der Waals surface area contributed by atoms with E-state index in [9.17, 15) is 15.0 Å². The Bertz CT molecular complexity index is 1420. The van der Waals surface area contributed by atoms with E-state index >= 15 is 0 Å². The van der Waals surface area contributed by atoms with Gasteiger partial charge in [-0.3, -0.25) is 4.68 Å². The van der Waals surface area contributed by atoms with Crippen LogP contribution in [0.5, 0.6) is 0 Å². The van der Waals surface area contributed by atoms with Crippen LogP contribution in [0.15, 0.2) is 47.1 Å². The number of aliphatic hydroxyl groups is 1. The molecule has 1 saturated heterocycles. The summed E-state index contributed by atoms with van der Waals surface area (Å²) >= 11 is 0. The van der Waals surface area contributed by atoms with Gasteiger partial charge in [0.1, 0.15) is 11.3 Å². The van der Waals surface area contributed by atoms with Gasteiger partial charge in [-0.1, -0.05) is 32.9 Å². The fraction of sp³-hybridized carbons (Fsp3) is 0.407. The van der Waals surface area contributed by atoms with Gasteiger partial charge in [0.05, 0.1) is 23.4 Å². The second-order valence-corrected chi connectivity index (χ2v) is 10.8. The van der Waals surface area contributed by atoms with Crippen LogP contribution in [0.3, 0.4) is 0 Å². The lowest BCUT2D eigenvalue weighted by Gasteiger charge is -2.44. The minimum Gasteiger partial charge on any atom is -0.465 e. The number of benzene rings is 1. The molecular formula is C27H32N6O4. The van der Waals surface area contributed by atoms with Crippen molar-refractivity contribution in [2.75, 3.05) is 12.3 Å². The van der Waals surface area contributed by atoms with E-state index in [0.29, 0.717) is 42.1 Å². The highest BCUT2D eigenvalue weighted by atomic mass is 16.4. The van der Waals surface area contributed by atoms with Gasteiger partial charge in [0.15, 0.2) is 5.58 Å². The molecule has 0 spiro atoms. The van der Waals surface area contributed by atoms with Crippen LogP contribution in [0, 0.1) is 5.41 Å². The largest absolute Gasteiger partial charge is 0.465 e. The van der Waals surface area contributed by atoms with E-state index < -0.39 is 12.2 Å². The first-order valence-corrected chi connectivity index (χ1v) is 12.4. The Labute approximate surface area is 214 Å². The van der Waals surface area contributed by atoms with Crippen LogP contribution in [-0.2, 0) is 0 Å². The van der Waals surface area contributed by atoms with Crippen molar-refractivity contribution in [2.24, 2.45) is 5.41 Å². The molecule has 37 heavy (non-hydrogen) atoms. The molecule has 1 amide bonds. The SMILES string of the molecule is CC(O)c1nn(C2CCN(C(=O)O)C(C(C)(C)C)C2)cc1-c1cnc(N)c(-c2nc3ccccc3o2)c1. The number of hydrogen-bond donors (Lipinski definition) is 3. The number of aromatic nitrogens is 4. The van der Waals surface area contributed by atoms with Crippen molar-refractivity contribution in [1.29, 1.82) is 0 Å². The molecule has 1 aliphatic heterocycles. The van der Waals surface area contributed by atoms with Gasteiger partial charge in [-0.05, 0) is 43.4 Å². The third-order valence-corrected chi connectivity index (χ3v) is 7.10. The molecule has 4 N–H and O–H groups in total. The Morgan fingerprint density at radius 3 is 2.68 bits per heavy atom. The van der Waals surface area contributed by atoms with Crippen molar-refractivity contribution in [2.45, 2.75) is 58.7 Å². The van der Waals surface area contributed by atoms with Gasteiger partial charge in [-0.15, -0.1) is 0 Å². The molecule has 194 valence electrons. The average Bonchev–Trinajstić information content (AvgIpc) is 3.48. The van der Waals surface area contributed by atoms with Crippen LogP contribution in [0.25, 0.3) is 33.7 Å². The number of piperidine rings is 1. The molecule has 3 unspecified atom stereocenters. The molecule has 5 rings (SSSR count). The van der Waals surface area contributed by atoms with E-state index in [1.807, 2.05) is 41.2 Å². The number of para-hydroxylation sites is 2. The molecule has 0 bridgehead atoms. The van der Waals surface area contributed by atoms with Crippen molar-refractivity contribution in [3.63, 3.8) is 0 Å². The zero-order valence-electron chi connectivity index (χ0n) is 21.4. The zero-order valence-corrected chi connectivity index (χ0v) is 21.4. The number of nitrogens with zero attached hydrogens (tertiary/aromatic N) is 5. The van der Waals surface area contributed by atoms with Gasteiger partial charge < -0.3 is 25.3 Å². The molecule has 4 aromatic rings. The van der Waals surface area contributed by atoms with Crippen LogP contribution in [0.1, 0.15) is 58.4 Å². The molecule has 1 aliphatic rings. The van der Waals surface area contributed by atoms with E-state index in [1.54, 1.807) is 13.1 Å². The summed E-state index contributed by atoms with van der Waals surface area (Å²) in [5, 5.41) is 25.1. The number of carbonyl (C=O) groups is 1. The maximum Gasteiger partial charge on any atom is 0.407 e. The van der Waals surface area contributed by atoms with E-state index in [1.165, 1.54) is 4.90 Å². The van der Waals surface area contributed by atoms with Crippen molar-refractivity contribution in [3.05, 3.63) is 48.4 Å². The van der Waals surface area contributed by atoms with Gasteiger partial charge in [0.2, 0.25) is 5.89 Å². The number of carboxylic acid groups (broad SMARTS) is 1. The van der Waals surface area contributed by atoms with Gasteiger partial charge in [-0.25, -0.2) is 14.8 Å². The monoisotopic (exact) mass is 504 g/mol. The first-order chi connectivity index (χ1) is 17.5. The van der Waals surface area contributed by atoms with Crippen molar-refractivity contribution < 1.29 is 19.4 Å². The van der Waals surface area contributed by atoms with Crippen molar-refractivity contribution >= 4 is 23.0 Å². The molecule has 10 nitrogen and oxygen atoms in total. The molecule has 1 fully saturated rings. The highest BCUT2D eigenvalue weighted by Gasteiger charge is 2.39. The van der Waals surface area contributed by atoms with Crippen LogP contribution in [-0.4, -0.2) is 53.5 Å². The Balaban J connectivity index is 1.52. The minimum absolute atomic E-state index is 0.00988. The maximum absolute atomic E-state index is 11.9. The predicted octanol–water partition coefficient (Wildman–Crippen LogP) is 5.12. The number of likely N-dealkylation sites (tertiary alicyclic amines) is 1. The standard InChI is InChI=1S/C27H32N6O4/c1-15(34)23-19(14-33(31-23)17-9-10-32(26(35)36)22(12-17)27(2,3)4)16-11-18(24(28)29-13-16)25-30-20-7-5-6-8-21(20)37-25/h5-8,11,13-15,17,22,34H,9-10,12H2,1-4H3,(H2,28,29)(H,35,36). The first-order valence-electron chi connectivity index (χ1n) is 12.4. The Morgan fingerprint density at radius 1 is 1.24 bits per heavy atom. The van der Waals surface area contributed by atoms with Crippen molar-refractivity contribution in [3.8, 4) is 22.6 Å². The van der Waals surface area contributed by atoms with Crippen LogP contribution >= 0.6 is 0 Å². The molecule has 0 aliphatic carbocycles. The summed E-state index contributed by atoms with van der Waals surface area (Å²) in [5.41, 5.74) is 9.88. The van der Waals surface area contributed by atoms with E-state index in [4.69, 9.17) is 15.2 Å². The van der Waals surface area contributed by atoms with E-state index in [0.717, 1.165) is 16.6 Å². The molecule has 3 aromatic heterocycles. The van der Waals surface area contributed by atoms with Crippen LogP contribution in [0.2, 0.25) is 0 Å². The quantitative estimate of drug-likeness (QED) is 0.347. The number of pyridine rings is 1. The molecule has 4 heterocycles. The normalized spacial score (nSPS) is 19.3. The predicted molar refractivity (Wildman–Crippen MR) is 140 cm³/mol. The van der Waals surface area contributed by atoms with E-state index in [-0.39, 0.29) is 23.3 Å². The van der Waals surface area contributed by atoms with Crippen LogP contribution < -0.4 is 5.73 Å². The fourth-order valence-electron chi connectivity index (χ4n) is 5.14. The minimum atomic E-state index is -0.899. The smallest absolute Gasteiger partial charge is 0.407 e. The lowest BCUT2D eigenvalue weighted by molar-refractivity contribution is 0.0405. The second kappa shape index (κ2) is 9.19.